The SMILES string of the molecule is CNc1cc(C(=O)N(C)C2CCCC2)c([N+](=O)[O-])cc1F. The summed E-state index contributed by atoms with van der Waals surface area (Å²) in [4.78, 5) is 24.4. The molecule has 7 heteroatoms. The van der Waals surface area contributed by atoms with E-state index < -0.39 is 22.3 Å². The molecule has 0 aromatic heterocycles. The first-order valence-corrected chi connectivity index (χ1v) is 6.88. The standard InChI is InChI=1S/C14H18FN3O3/c1-16-12-7-10(13(18(20)21)8-11(12)15)14(19)17(2)9-5-3-4-6-9/h7-9,16H,3-6H2,1-2H3. The van der Waals surface area contributed by atoms with E-state index in [2.05, 4.69) is 5.32 Å². The number of hydrogen-bond acceptors (Lipinski definition) is 4. The zero-order valence-corrected chi connectivity index (χ0v) is 12.1. The predicted molar refractivity (Wildman–Crippen MR) is 77.0 cm³/mol. The summed E-state index contributed by atoms with van der Waals surface area (Å²) in [6.07, 6.45) is 3.90. The number of anilines is 1. The molecule has 1 fully saturated rings. The maximum atomic E-state index is 13.7. The highest BCUT2D eigenvalue weighted by atomic mass is 19.1. The fourth-order valence-electron chi connectivity index (χ4n) is 2.72. The Morgan fingerprint density at radius 3 is 2.57 bits per heavy atom. The fraction of sp³-hybridized carbons (Fsp3) is 0.500. The lowest BCUT2D eigenvalue weighted by molar-refractivity contribution is -0.385. The molecule has 2 rings (SSSR count). The van der Waals surface area contributed by atoms with Gasteiger partial charge in [-0.3, -0.25) is 14.9 Å². The van der Waals surface area contributed by atoms with E-state index in [1.807, 2.05) is 0 Å². The summed E-state index contributed by atoms with van der Waals surface area (Å²) in [5.74, 6) is -1.19. The van der Waals surface area contributed by atoms with E-state index in [0.717, 1.165) is 31.7 Å². The van der Waals surface area contributed by atoms with Crippen LogP contribution in [-0.4, -0.2) is 35.9 Å². The van der Waals surface area contributed by atoms with Crippen LogP contribution in [0.5, 0.6) is 0 Å². The van der Waals surface area contributed by atoms with Crippen molar-refractivity contribution in [2.24, 2.45) is 0 Å². The molecule has 1 aromatic rings. The second kappa shape index (κ2) is 6.07. The summed E-state index contributed by atoms with van der Waals surface area (Å²) in [6.45, 7) is 0. The van der Waals surface area contributed by atoms with Crippen LogP contribution in [0.1, 0.15) is 36.0 Å². The van der Waals surface area contributed by atoms with Crippen molar-refractivity contribution in [3.63, 3.8) is 0 Å². The van der Waals surface area contributed by atoms with Gasteiger partial charge in [0.1, 0.15) is 5.56 Å². The van der Waals surface area contributed by atoms with Gasteiger partial charge in [0.05, 0.1) is 16.7 Å². The number of nitro groups is 1. The van der Waals surface area contributed by atoms with Crippen LogP contribution in [0.3, 0.4) is 0 Å². The number of nitro benzene ring substituents is 1. The van der Waals surface area contributed by atoms with Crippen molar-refractivity contribution in [1.82, 2.24) is 4.90 Å². The van der Waals surface area contributed by atoms with Gasteiger partial charge in [0.2, 0.25) is 0 Å². The summed E-state index contributed by atoms with van der Waals surface area (Å²) in [6, 6.07) is 2.10. The molecule has 1 amide bonds. The van der Waals surface area contributed by atoms with Gasteiger partial charge < -0.3 is 10.2 Å². The molecule has 0 aliphatic heterocycles. The molecule has 1 saturated carbocycles. The third kappa shape index (κ3) is 2.96. The van der Waals surface area contributed by atoms with Gasteiger partial charge in [-0.2, -0.15) is 0 Å². The van der Waals surface area contributed by atoms with E-state index in [1.54, 1.807) is 7.05 Å². The third-order valence-corrected chi connectivity index (χ3v) is 3.97. The van der Waals surface area contributed by atoms with Crippen LogP contribution in [0, 0.1) is 15.9 Å². The predicted octanol–water partition coefficient (Wildman–Crippen LogP) is 2.79. The Hall–Kier alpha value is -2.18. The number of amides is 1. The lowest BCUT2D eigenvalue weighted by Crippen LogP contribution is -2.35. The van der Waals surface area contributed by atoms with Crippen molar-refractivity contribution in [3.05, 3.63) is 33.6 Å². The number of carbonyl (C=O) groups excluding carboxylic acids is 1. The van der Waals surface area contributed by atoms with Gasteiger partial charge in [-0.25, -0.2) is 4.39 Å². The Labute approximate surface area is 122 Å². The number of nitrogens with zero attached hydrogens (tertiary/aromatic N) is 2. The molecule has 21 heavy (non-hydrogen) atoms. The minimum Gasteiger partial charge on any atom is -0.386 e. The average molecular weight is 295 g/mol. The molecule has 1 aromatic carbocycles. The number of halogens is 1. The molecule has 0 spiro atoms. The van der Waals surface area contributed by atoms with Crippen molar-refractivity contribution < 1.29 is 14.1 Å². The quantitative estimate of drug-likeness (QED) is 0.684. The molecular formula is C14H18FN3O3. The summed E-state index contributed by atoms with van der Waals surface area (Å²) >= 11 is 0. The molecule has 1 aliphatic rings. The molecule has 0 heterocycles. The minimum atomic E-state index is -0.746. The van der Waals surface area contributed by atoms with Crippen molar-refractivity contribution in [1.29, 1.82) is 0 Å². The Morgan fingerprint density at radius 1 is 1.43 bits per heavy atom. The second-order valence-electron chi connectivity index (χ2n) is 5.21. The monoisotopic (exact) mass is 295 g/mol. The summed E-state index contributed by atoms with van der Waals surface area (Å²) in [5, 5.41) is 13.7. The molecule has 1 aliphatic carbocycles. The molecule has 0 saturated heterocycles. The second-order valence-corrected chi connectivity index (χ2v) is 5.21. The lowest BCUT2D eigenvalue weighted by Gasteiger charge is -2.24. The van der Waals surface area contributed by atoms with Crippen LogP contribution in [0.4, 0.5) is 15.8 Å². The van der Waals surface area contributed by atoms with E-state index in [-0.39, 0.29) is 17.3 Å². The number of benzene rings is 1. The number of nitrogens with one attached hydrogen (secondary N) is 1. The van der Waals surface area contributed by atoms with E-state index in [9.17, 15) is 19.3 Å². The van der Waals surface area contributed by atoms with Crippen molar-refractivity contribution in [2.45, 2.75) is 31.7 Å². The van der Waals surface area contributed by atoms with Crippen LogP contribution in [-0.2, 0) is 0 Å². The van der Waals surface area contributed by atoms with Gasteiger partial charge in [0.25, 0.3) is 11.6 Å². The summed E-state index contributed by atoms with van der Waals surface area (Å²) < 4.78 is 13.7. The summed E-state index contributed by atoms with van der Waals surface area (Å²) in [7, 11) is 3.14. The van der Waals surface area contributed by atoms with Crippen LogP contribution < -0.4 is 5.32 Å². The largest absolute Gasteiger partial charge is 0.386 e. The lowest BCUT2D eigenvalue weighted by atomic mass is 10.1. The minimum absolute atomic E-state index is 0.0729. The maximum Gasteiger partial charge on any atom is 0.285 e. The van der Waals surface area contributed by atoms with Gasteiger partial charge in [-0.1, -0.05) is 12.8 Å². The van der Waals surface area contributed by atoms with Crippen LogP contribution in [0.2, 0.25) is 0 Å². The molecule has 6 nitrogen and oxygen atoms in total. The van der Waals surface area contributed by atoms with Crippen LogP contribution in [0.15, 0.2) is 12.1 Å². The zero-order chi connectivity index (χ0) is 15.6. The Kier molecular flexibility index (Phi) is 4.40. The third-order valence-electron chi connectivity index (χ3n) is 3.97. The van der Waals surface area contributed by atoms with Crippen LogP contribution >= 0.6 is 0 Å². The highest BCUT2D eigenvalue weighted by Gasteiger charge is 2.30. The zero-order valence-electron chi connectivity index (χ0n) is 12.1. The van der Waals surface area contributed by atoms with Gasteiger partial charge in [-0.05, 0) is 18.9 Å². The number of hydrogen-bond donors (Lipinski definition) is 1. The molecule has 0 radical (unpaired) electrons. The summed E-state index contributed by atoms with van der Waals surface area (Å²) in [5.41, 5.74) is -0.509. The average Bonchev–Trinajstić information content (AvgIpc) is 2.99. The molecule has 0 atom stereocenters. The molecule has 114 valence electrons. The normalized spacial score (nSPS) is 15.0. The molecule has 0 unspecified atom stereocenters. The first-order chi connectivity index (χ1) is 9.95. The fourth-order valence-corrected chi connectivity index (χ4v) is 2.72. The topological polar surface area (TPSA) is 75.5 Å². The van der Waals surface area contributed by atoms with Crippen molar-refractivity contribution in [2.75, 3.05) is 19.4 Å². The molecule has 0 bridgehead atoms. The van der Waals surface area contributed by atoms with Gasteiger partial charge in [0.15, 0.2) is 5.82 Å². The van der Waals surface area contributed by atoms with E-state index in [4.69, 9.17) is 0 Å². The Morgan fingerprint density at radius 2 is 2.05 bits per heavy atom. The van der Waals surface area contributed by atoms with Crippen LogP contribution in [0.25, 0.3) is 0 Å². The smallest absolute Gasteiger partial charge is 0.285 e. The highest BCUT2D eigenvalue weighted by Crippen LogP contribution is 2.29. The Bertz CT molecular complexity index is 571. The number of rotatable bonds is 4. The van der Waals surface area contributed by atoms with Gasteiger partial charge >= 0.3 is 0 Å². The van der Waals surface area contributed by atoms with E-state index >= 15 is 0 Å². The van der Waals surface area contributed by atoms with Gasteiger partial charge in [-0.15, -0.1) is 0 Å². The first kappa shape index (κ1) is 15.2. The van der Waals surface area contributed by atoms with Crippen molar-refractivity contribution >= 4 is 17.3 Å². The van der Waals surface area contributed by atoms with Gasteiger partial charge in [0, 0.05) is 20.1 Å². The van der Waals surface area contributed by atoms with Crippen molar-refractivity contribution in [3.8, 4) is 0 Å². The maximum absolute atomic E-state index is 13.7. The molecular weight excluding hydrogens is 277 g/mol. The molecule has 1 N–H and O–H groups in total. The Balaban J connectivity index is 2.40. The first-order valence-electron chi connectivity index (χ1n) is 6.88. The van der Waals surface area contributed by atoms with E-state index in [0.29, 0.717) is 0 Å². The number of carbonyl (C=O) groups is 1. The van der Waals surface area contributed by atoms with E-state index in [1.165, 1.54) is 18.0 Å². The highest BCUT2D eigenvalue weighted by molar-refractivity contribution is 5.99.